The molecule has 1 aliphatic heterocycles. The Morgan fingerprint density at radius 3 is 2.87 bits per heavy atom. The predicted molar refractivity (Wildman–Crippen MR) is 111 cm³/mol. The lowest BCUT2D eigenvalue weighted by molar-refractivity contribution is -0.128. The molecule has 0 spiro atoms. The SMILES string of the molecule is COc1ccc(CN2CC(c3noc(Cc4c[nH]c5ccccc45)n3)CC2=O)cc1. The van der Waals surface area contributed by atoms with Crippen molar-refractivity contribution >= 4 is 16.8 Å². The molecule has 1 N–H and O–H groups in total. The molecule has 7 nitrogen and oxygen atoms in total. The first-order chi connectivity index (χ1) is 14.7. The van der Waals surface area contributed by atoms with Crippen molar-refractivity contribution < 1.29 is 14.1 Å². The number of aromatic nitrogens is 3. The standard InChI is InChI=1S/C23H22N4O3/c1-29-18-8-6-15(7-9-18)13-27-14-17(11-22(27)28)23-25-21(30-26-23)10-16-12-24-20-5-3-2-4-19(16)20/h2-9,12,17,24H,10-11,13-14H2,1H3. The molecule has 1 fully saturated rings. The first-order valence-electron chi connectivity index (χ1n) is 9.98. The van der Waals surface area contributed by atoms with Gasteiger partial charge in [-0.15, -0.1) is 0 Å². The predicted octanol–water partition coefficient (Wildman–Crippen LogP) is 3.67. The molecule has 4 aromatic rings. The molecule has 0 aliphatic carbocycles. The molecule has 0 radical (unpaired) electrons. The summed E-state index contributed by atoms with van der Waals surface area (Å²) in [6, 6.07) is 15.9. The van der Waals surface area contributed by atoms with Gasteiger partial charge < -0.3 is 19.1 Å². The third-order valence-electron chi connectivity index (χ3n) is 5.61. The van der Waals surface area contributed by atoms with Crippen LogP contribution in [0.2, 0.25) is 0 Å². The van der Waals surface area contributed by atoms with Gasteiger partial charge in [-0.05, 0) is 29.3 Å². The van der Waals surface area contributed by atoms with E-state index in [4.69, 9.17) is 9.26 Å². The number of nitrogens with zero attached hydrogens (tertiary/aromatic N) is 3. The Bertz CT molecular complexity index is 1180. The van der Waals surface area contributed by atoms with Gasteiger partial charge in [0.15, 0.2) is 5.82 Å². The summed E-state index contributed by atoms with van der Waals surface area (Å²) in [5.74, 6) is 2.04. The number of hydrogen-bond acceptors (Lipinski definition) is 5. The number of likely N-dealkylation sites (tertiary alicyclic amines) is 1. The van der Waals surface area contributed by atoms with Crippen molar-refractivity contribution in [1.82, 2.24) is 20.0 Å². The fourth-order valence-corrected chi connectivity index (χ4v) is 4.00. The molecule has 2 aromatic carbocycles. The maximum absolute atomic E-state index is 12.5. The molecule has 152 valence electrons. The van der Waals surface area contributed by atoms with Crippen LogP contribution in [0.15, 0.2) is 59.3 Å². The zero-order valence-corrected chi connectivity index (χ0v) is 16.7. The highest BCUT2D eigenvalue weighted by atomic mass is 16.5. The number of carbonyl (C=O) groups is 1. The monoisotopic (exact) mass is 402 g/mol. The van der Waals surface area contributed by atoms with Crippen LogP contribution in [0.5, 0.6) is 5.75 Å². The minimum Gasteiger partial charge on any atom is -0.497 e. The Kier molecular flexibility index (Phi) is 4.71. The van der Waals surface area contributed by atoms with Gasteiger partial charge in [0, 0.05) is 42.5 Å². The van der Waals surface area contributed by atoms with E-state index in [1.54, 1.807) is 7.11 Å². The summed E-state index contributed by atoms with van der Waals surface area (Å²) in [5.41, 5.74) is 3.27. The lowest BCUT2D eigenvalue weighted by Gasteiger charge is -2.16. The highest BCUT2D eigenvalue weighted by Gasteiger charge is 2.33. The number of amides is 1. The van der Waals surface area contributed by atoms with Crippen LogP contribution in [0.3, 0.4) is 0 Å². The summed E-state index contributed by atoms with van der Waals surface area (Å²) in [6.45, 7) is 1.16. The van der Waals surface area contributed by atoms with E-state index in [2.05, 4.69) is 21.2 Å². The van der Waals surface area contributed by atoms with Crippen molar-refractivity contribution in [1.29, 1.82) is 0 Å². The zero-order chi connectivity index (χ0) is 20.5. The molecule has 7 heteroatoms. The van der Waals surface area contributed by atoms with Gasteiger partial charge in [-0.1, -0.05) is 35.5 Å². The van der Waals surface area contributed by atoms with E-state index in [1.807, 2.05) is 53.6 Å². The van der Waals surface area contributed by atoms with Gasteiger partial charge in [0.1, 0.15) is 5.75 Å². The van der Waals surface area contributed by atoms with Gasteiger partial charge in [0.2, 0.25) is 11.8 Å². The maximum Gasteiger partial charge on any atom is 0.231 e. The normalized spacial score (nSPS) is 16.5. The van der Waals surface area contributed by atoms with E-state index in [1.165, 1.54) is 0 Å². The van der Waals surface area contributed by atoms with Crippen molar-refractivity contribution in [2.24, 2.45) is 0 Å². The number of nitrogens with one attached hydrogen (secondary N) is 1. The number of carbonyl (C=O) groups excluding carboxylic acids is 1. The lowest BCUT2D eigenvalue weighted by Crippen LogP contribution is -2.24. The molecule has 1 unspecified atom stereocenters. The number of para-hydroxylation sites is 1. The highest BCUT2D eigenvalue weighted by molar-refractivity contribution is 5.83. The van der Waals surface area contributed by atoms with Crippen LogP contribution in [-0.2, 0) is 17.8 Å². The van der Waals surface area contributed by atoms with Gasteiger partial charge in [-0.3, -0.25) is 4.79 Å². The minimum absolute atomic E-state index is 0.0452. The summed E-state index contributed by atoms with van der Waals surface area (Å²) in [7, 11) is 1.64. The van der Waals surface area contributed by atoms with Crippen LogP contribution < -0.4 is 4.74 Å². The molecule has 3 heterocycles. The second kappa shape index (κ2) is 7.67. The van der Waals surface area contributed by atoms with Crippen LogP contribution in [0.25, 0.3) is 10.9 Å². The fraction of sp³-hybridized carbons (Fsp3) is 0.261. The quantitative estimate of drug-likeness (QED) is 0.532. The Balaban J connectivity index is 1.26. The van der Waals surface area contributed by atoms with E-state index in [9.17, 15) is 4.79 Å². The van der Waals surface area contributed by atoms with Crippen molar-refractivity contribution in [2.75, 3.05) is 13.7 Å². The maximum atomic E-state index is 12.5. The van der Waals surface area contributed by atoms with Crippen LogP contribution in [-0.4, -0.2) is 39.6 Å². The van der Waals surface area contributed by atoms with Crippen LogP contribution in [0, 0.1) is 0 Å². The number of aromatic amines is 1. The van der Waals surface area contributed by atoms with Crippen LogP contribution in [0.4, 0.5) is 0 Å². The highest BCUT2D eigenvalue weighted by Crippen LogP contribution is 2.28. The zero-order valence-electron chi connectivity index (χ0n) is 16.7. The van der Waals surface area contributed by atoms with Crippen molar-refractivity contribution in [2.45, 2.75) is 25.3 Å². The minimum atomic E-state index is -0.0452. The van der Waals surface area contributed by atoms with Gasteiger partial charge >= 0.3 is 0 Å². The Morgan fingerprint density at radius 1 is 1.20 bits per heavy atom. The summed E-state index contributed by atoms with van der Waals surface area (Å²) in [4.78, 5) is 22.2. The van der Waals surface area contributed by atoms with E-state index in [0.717, 1.165) is 27.8 Å². The third kappa shape index (κ3) is 3.54. The topological polar surface area (TPSA) is 84.2 Å². The Morgan fingerprint density at radius 2 is 2.03 bits per heavy atom. The van der Waals surface area contributed by atoms with E-state index in [-0.39, 0.29) is 11.8 Å². The number of fused-ring (bicyclic) bond motifs is 1. The van der Waals surface area contributed by atoms with E-state index < -0.39 is 0 Å². The Hall–Kier alpha value is -3.61. The van der Waals surface area contributed by atoms with Gasteiger partial charge in [-0.2, -0.15) is 4.98 Å². The third-order valence-corrected chi connectivity index (χ3v) is 5.61. The Labute approximate surface area is 173 Å². The molecule has 0 saturated carbocycles. The number of methoxy groups -OCH3 is 1. The van der Waals surface area contributed by atoms with Crippen molar-refractivity contribution in [3.63, 3.8) is 0 Å². The molecule has 30 heavy (non-hydrogen) atoms. The fourth-order valence-electron chi connectivity index (χ4n) is 4.00. The summed E-state index contributed by atoms with van der Waals surface area (Å²) >= 11 is 0. The molecule has 1 amide bonds. The van der Waals surface area contributed by atoms with Crippen molar-refractivity contribution in [3.05, 3.63) is 77.6 Å². The van der Waals surface area contributed by atoms with Gasteiger partial charge in [0.25, 0.3) is 0 Å². The average molecular weight is 402 g/mol. The van der Waals surface area contributed by atoms with Crippen LogP contribution >= 0.6 is 0 Å². The second-order valence-electron chi connectivity index (χ2n) is 7.61. The van der Waals surface area contributed by atoms with Gasteiger partial charge in [-0.25, -0.2) is 0 Å². The summed E-state index contributed by atoms with van der Waals surface area (Å²) < 4.78 is 10.7. The summed E-state index contributed by atoms with van der Waals surface area (Å²) in [6.07, 6.45) is 2.94. The van der Waals surface area contributed by atoms with E-state index in [0.29, 0.717) is 37.6 Å². The molecule has 0 bridgehead atoms. The number of benzene rings is 2. The molecular formula is C23H22N4O3. The first kappa shape index (κ1) is 18.4. The van der Waals surface area contributed by atoms with E-state index >= 15 is 0 Å². The number of H-pyrrole nitrogens is 1. The molecule has 2 aromatic heterocycles. The molecule has 1 aliphatic rings. The van der Waals surface area contributed by atoms with Crippen LogP contribution in [0.1, 0.15) is 35.2 Å². The van der Waals surface area contributed by atoms with Gasteiger partial charge in [0.05, 0.1) is 13.5 Å². The number of hydrogen-bond donors (Lipinski definition) is 1. The molecule has 5 rings (SSSR count). The summed E-state index contributed by atoms with van der Waals surface area (Å²) in [5, 5.41) is 5.32. The number of rotatable bonds is 6. The lowest BCUT2D eigenvalue weighted by atomic mass is 10.1. The average Bonchev–Trinajstić information content (AvgIpc) is 3.49. The largest absolute Gasteiger partial charge is 0.497 e. The smallest absolute Gasteiger partial charge is 0.231 e. The van der Waals surface area contributed by atoms with Crippen molar-refractivity contribution in [3.8, 4) is 5.75 Å². The second-order valence-corrected chi connectivity index (χ2v) is 7.61. The molecule has 1 atom stereocenters. The number of ether oxygens (including phenoxy) is 1. The molecular weight excluding hydrogens is 380 g/mol. The molecule has 1 saturated heterocycles. The first-order valence-corrected chi connectivity index (χ1v) is 9.98.